The summed E-state index contributed by atoms with van der Waals surface area (Å²) in [6.07, 6.45) is 3.79. The highest BCUT2D eigenvalue weighted by atomic mass is 127. The van der Waals surface area contributed by atoms with Gasteiger partial charge in [-0.25, -0.2) is 4.99 Å². The Hall–Kier alpha value is -3.08. The number of hydrogen-bond acceptors (Lipinski definition) is 5. The summed E-state index contributed by atoms with van der Waals surface area (Å²) in [6.45, 7) is 4.66. The molecule has 5 rings (SSSR count). The number of nitrogens with zero attached hydrogens (tertiary/aromatic N) is 2. The van der Waals surface area contributed by atoms with Gasteiger partial charge in [-0.15, -0.1) is 0 Å². The third-order valence-electron chi connectivity index (χ3n) is 6.82. The number of aryl methyl sites for hydroxylation is 2. The molecule has 4 aromatic rings. The van der Waals surface area contributed by atoms with E-state index in [4.69, 9.17) is 14.5 Å². The lowest BCUT2D eigenvalue weighted by Crippen LogP contribution is -2.28. The fourth-order valence-electron chi connectivity index (χ4n) is 4.42. The van der Waals surface area contributed by atoms with Crippen LogP contribution in [0.1, 0.15) is 36.1 Å². The fraction of sp³-hybridized carbons (Fsp3) is 0.176. The van der Waals surface area contributed by atoms with Crippen molar-refractivity contribution in [3.63, 3.8) is 0 Å². The average Bonchev–Trinajstić information content (AvgIpc) is 3.31. The predicted octanol–water partition coefficient (Wildman–Crippen LogP) is 9.57. The van der Waals surface area contributed by atoms with Crippen molar-refractivity contribution < 1.29 is 14.3 Å². The molecular weight excluding hydrogens is 723 g/mol. The van der Waals surface area contributed by atoms with Gasteiger partial charge in [0.1, 0.15) is 6.61 Å². The van der Waals surface area contributed by atoms with Crippen LogP contribution in [0.15, 0.2) is 99.3 Å². The molecule has 1 aliphatic heterocycles. The Morgan fingerprint density at radius 1 is 0.905 bits per heavy atom. The van der Waals surface area contributed by atoms with Crippen LogP contribution in [0.2, 0.25) is 0 Å². The third kappa shape index (κ3) is 7.10. The molecule has 1 heterocycles. The van der Waals surface area contributed by atoms with E-state index < -0.39 is 0 Å². The number of methoxy groups -OCH3 is 1. The number of amidine groups is 1. The van der Waals surface area contributed by atoms with Crippen molar-refractivity contribution in [2.75, 3.05) is 12.0 Å². The lowest BCUT2D eigenvalue weighted by Gasteiger charge is -2.16. The Morgan fingerprint density at radius 3 is 2.14 bits per heavy atom. The van der Waals surface area contributed by atoms with Crippen LogP contribution in [-0.2, 0) is 24.2 Å². The molecule has 0 aliphatic carbocycles. The van der Waals surface area contributed by atoms with Crippen LogP contribution in [-0.4, -0.2) is 18.2 Å². The SMILES string of the molecule is CCc1ccc(N=C2S/C(=C\c3cc(I)c(OCc4ccc(Br)cc4)c(OC)c3)C(=O)N2c2ccc(CC)cc2)cc1. The van der Waals surface area contributed by atoms with Gasteiger partial charge in [-0.2, -0.15) is 0 Å². The van der Waals surface area contributed by atoms with Crippen LogP contribution < -0.4 is 14.4 Å². The molecule has 1 saturated heterocycles. The number of carbonyl (C=O) groups is 1. The molecule has 1 fully saturated rings. The van der Waals surface area contributed by atoms with Crippen LogP contribution in [0.3, 0.4) is 0 Å². The minimum atomic E-state index is -0.113. The largest absolute Gasteiger partial charge is 0.493 e. The Balaban J connectivity index is 1.46. The molecular formula is C34H30BrIN2O3S. The van der Waals surface area contributed by atoms with Gasteiger partial charge in [0.05, 0.1) is 27.0 Å². The molecule has 0 N–H and O–H groups in total. The highest BCUT2D eigenvalue weighted by molar-refractivity contribution is 14.1. The smallest absolute Gasteiger partial charge is 0.271 e. The second-order valence-corrected chi connectivity index (χ2v) is 12.7. The zero-order valence-electron chi connectivity index (χ0n) is 23.6. The van der Waals surface area contributed by atoms with Crippen molar-refractivity contribution in [2.24, 2.45) is 4.99 Å². The number of carbonyl (C=O) groups excluding carboxylic acids is 1. The zero-order chi connectivity index (χ0) is 29.6. The van der Waals surface area contributed by atoms with Crippen molar-refractivity contribution in [1.29, 1.82) is 0 Å². The number of aliphatic imine (C=N–C) groups is 1. The van der Waals surface area contributed by atoms with E-state index in [0.717, 1.165) is 43.4 Å². The van der Waals surface area contributed by atoms with E-state index in [1.54, 1.807) is 12.0 Å². The van der Waals surface area contributed by atoms with Gasteiger partial charge in [0.2, 0.25) is 0 Å². The molecule has 0 atom stereocenters. The van der Waals surface area contributed by atoms with E-state index >= 15 is 0 Å². The Kier molecular flexibility index (Phi) is 10.1. The molecule has 214 valence electrons. The number of thioether (sulfide) groups is 1. The van der Waals surface area contributed by atoms with E-state index in [0.29, 0.717) is 28.2 Å². The number of hydrogen-bond donors (Lipinski definition) is 0. The molecule has 8 heteroatoms. The summed E-state index contributed by atoms with van der Waals surface area (Å²) in [5, 5.41) is 0.621. The molecule has 1 amide bonds. The van der Waals surface area contributed by atoms with Crippen LogP contribution in [0.5, 0.6) is 11.5 Å². The summed E-state index contributed by atoms with van der Waals surface area (Å²) < 4.78 is 13.8. The molecule has 0 radical (unpaired) electrons. The van der Waals surface area contributed by atoms with Crippen molar-refractivity contribution in [1.82, 2.24) is 0 Å². The summed E-state index contributed by atoms with van der Waals surface area (Å²) >= 11 is 7.09. The van der Waals surface area contributed by atoms with E-state index in [1.807, 2.05) is 66.7 Å². The molecule has 0 unspecified atom stereocenters. The van der Waals surface area contributed by atoms with E-state index in [-0.39, 0.29) is 5.91 Å². The first-order valence-electron chi connectivity index (χ1n) is 13.6. The van der Waals surface area contributed by atoms with Crippen LogP contribution in [0.4, 0.5) is 11.4 Å². The van der Waals surface area contributed by atoms with Crippen molar-refractivity contribution in [3.8, 4) is 11.5 Å². The number of amides is 1. The highest BCUT2D eigenvalue weighted by Gasteiger charge is 2.35. The summed E-state index contributed by atoms with van der Waals surface area (Å²) in [6, 6.07) is 28.2. The van der Waals surface area contributed by atoms with Crippen molar-refractivity contribution >= 4 is 78.8 Å². The zero-order valence-corrected chi connectivity index (χ0v) is 28.1. The average molecular weight is 754 g/mol. The lowest BCUT2D eigenvalue weighted by molar-refractivity contribution is -0.113. The van der Waals surface area contributed by atoms with Gasteiger partial charge in [-0.1, -0.05) is 66.2 Å². The van der Waals surface area contributed by atoms with Crippen LogP contribution in [0, 0.1) is 3.57 Å². The van der Waals surface area contributed by atoms with Crippen LogP contribution >= 0.6 is 50.3 Å². The van der Waals surface area contributed by atoms with Gasteiger partial charge < -0.3 is 9.47 Å². The van der Waals surface area contributed by atoms with Gasteiger partial charge in [0.15, 0.2) is 16.7 Å². The third-order valence-corrected chi connectivity index (χ3v) is 9.12. The van der Waals surface area contributed by atoms with Gasteiger partial charge in [-0.3, -0.25) is 9.69 Å². The maximum atomic E-state index is 13.9. The topological polar surface area (TPSA) is 51.1 Å². The van der Waals surface area contributed by atoms with Crippen LogP contribution in [0.25, 0.3) is 6.08 Å². The first-order chi connectivity index (χ1) is 20.4. The second kappa shape index (κ2) is 13.9. The van der Waals surface area contributed by atoms with E-state index in [1.165, 1.54) is 22.9 Å². The lowest BCUT2D eigenvalue weighted by atomic mass is 10.1. The Morgan fingerprint density at radius 2 is 1.52 bits per heavy atom. The van der Waals surface area contributed by atoms with E-state index in [2.05, 4.69) is 76.6 Å². The predicted molar refractivity (Wildman–Crippen MR) is 186 cm³/mol. The summed E-state index contributed by atoms with van der Waals surface area (Å²) in [5.74, 6) is 1.17. The molecule has 5 nitrogen and oxygen atoms in total. The summed E-state index contributed by atoms with van der Waals surface area (Å²) in [7, 11) is 1.63. The minimum Gasteiger partial charge on any atom is -0.493 e. The van der Waals surface area contributed by atoms with Gasteiger partial charge in [0, 0.05) is 4.47 Å². The number of halogens is 2. The van der Waals surface area contributed by atoms with Crippen molar-refractivity contribution in [2.45, 2.75) is 33.3 Å². The Labute approximate surface area is 273 Å². The first kappa shape index (κ1) is 30.4. The normalized spacial score (nSPS) is 15.1. The summed E-state index contributed by atoms with van der Waals surface area (Å²) in [4.78, 5) is 21.0. The maximum Gasteiger partial charge on any atom is 0.271 e. The quantitative estimate of drug-likeness (QED) is 0.126. The molecule has 0 saturated carbocycles. The molecule has 0 aromatic heterocycles. The van der Waals surface area contributed by atoms with E-state index in [9.17, 15) is 4.79 Å². The molecule has 4 aromatic carbocycles. The number of ether oxygens (including phenoxy) is 2. The van der Waals surface area contributed by atoms with Gasteiger partial charge in [0.25, 0.3) is 5.91 Å². The van der Waals surface area contributed by atoms with Gasteiger partial charge >= 0.3 is 0 Å². The Bertz CT molecular complexity index is 1640. The number of anilines is 1. The molecule has 0 bridgehead atoms. The monoisotopic (exact) mass is 752 g/mol. The highest BCUT2D eigenvalue weighted by Crippen LogP contribution is 2.40. The summed E-state index contributed by atoms with van der Waals surface area (Å²) in [5.41, 5.74) is 5.96. The number of rotatable bonds is 9. The maximum absolute atomic E-state index is 13.9. The first-order valence-corrected chi connectivity index (χ1v) is 16.3. The molecule has 0 spiro atoms. The fourth-order valence-corrected chi connectivity index (χ4v) is 6.47. The molecule has 1 aliphatic rings. The second-order valence-electron chi connectivity index (χ2n) is 9.63. The van der Waals surface area contributed by atoms with Gasteiger partial charge in [-0.05, 0) is 124 Å². The molecule has 42 heavy (non-hydrogen) atoms. The minimum absolute atomic E-state index is 0.113. The standard InChI is InChI=1S/C34H30BrIN2O3S/c1-4-22-8-14-27(15-9-22)37-34-38(28-16-10-23(5-2)11-17-28)33(39)31(42-34)20-25-18-29(36)32(30(19-25)40-3)41-21-24-6-12-26(35)13-7-24/h6-20H,4-5,21H2,1-3H3/b31-20-,37-34?. The van der Waals surface area contributed by atoms with Crippen molar-refractivity contribution in [3.05, 3.63) is 120 Å². The number of benzene rings is 4.